The summed E-state index contributed by atoms with van der Waals surface area (Å²) in [6.07, 6.45) is 1.09. The fourth-order valence-electron chi connectivity index (χ4n) is 2.80. The Morgan fingerprint density at radius 3 is 2.78 bits per heavy atom. The van der Waals surface area contributed by atoms with Crippen LogP contribution >= 0.6 is 0 Å². The predicted octanol–water partition coefficient (Wildman–Crippen LogP) is 1.99. The number of ketones is 1. The van der Waals surface area contributed by atoms with Crippen molar-refractivity contribution >= 4 is 11.9 Å². The number of Topliss-reactive ketones (excluding diaryl/α,β-unsaturated/α-hetero) is 1. The van der Waals surface area contributed by atoms with Crippen LogP contribution in [0.3, 0.4) is 0 Å². The van der Waals surface area contributed by atoms with E-state index in [4.69, 9.17) is 4.74 Å². The third-order valence-corrected chi connectivity index (χ3v) is 3.69. The molecule has 2 aliphatic rings. The standard InChI is InChI=1S/C14H15NO3/c16-13-7-11-6-12(13)15(8-11)14(17)18-9-10-4-2-1-3-5-10/h1-5,11-12H,6-9H2/t11-,12+/m1/s1. The molecule has 1 heterocycles. The molecule has 4 nitrogen and oxygen atoms in total. The highest BCUT2D eigenvalue weighted by atomic mass is 16.6. The number of carbonyl (C=O) groups excluding carboxylic acids is 2. The number of ether oxygens (including phenoxy) is 1. The number of carbonyl (C=O) groups is 2. The summed E-state index contributed by atoms with van der Waals surface area (Å²) in [5, 5.41) is 0. The Morgan fingerprint density at radius 1 is 1.33 bits per heavy atom. The lowest BCUT2D eigenvalue weighted by Gasteiger charge is -2.25. The second-order valence-electron chi connectivity index (χ2n) is 4.98. The molecule has 0 N–H and O–H groups in total. The summed E-state index contributed by atoms with van der Waals surface area (Å²) < 4.78 is 5.25. The van der Waals surface area contributed by atoms with Gasteiger partial charge in [-0.1, -0.05) is 30.3 Å². The second kappa shape index (κ2) is 4.44. The van der Waals surface area contributed by atoms with E-state index in [0.717, 1.165) is 12.0 Å². The maximum Gasteiger partial charge on any atom is 0.410 e. The van der Waals surface area contributed by atoms with Crippen LogP contribution in [0.25, 0.3) is 0 Å². The highest BCUT2D eigenvalue weighted by Crippen LogP contribution is 2.35. The van der Waals surface area contributed by atoms with Gasteiger partial charge < -0.3 is 4.74 Å². The number of hydrogen-bond acceptors (Lipinski definition) is 3. The Morgan fingerprint density at radius 2 is 2.11 bits per heavy atom. The Kier molecular flexibility index (Phi) is 2.78. The number of fused-ring (bicyclic) bond motifs is 2. The molecule has 4 heteroatoms. The molecule has 1 amide bonds. The minimum absolute atomic E-state index is 0.183. The van der Waals surface area contributed by atoms with Crippen LogP contribution in [0.15, 0.2) is 30.3 Å². The van der Waals surface area contributed by atoms with E-state index in [1.54, 1.807) is 4.90 Å². The first kappa shape index (κ1) is 11.3. The van der Waals surface area contributed by atoms with Gasteiger partial charge in [-0.2, -0.15) is 0 Å². The van der Waals surface area contributed by atoms with Crippen molar-refractivity contribution in [2.75, 3.05) is 6.54 Å². The highest BCUT2D eigenvalue weighted by molar-refractivity contribution is 5.91. The van der Waals surface area contributed by atoms with Crippen molar-refractivity contribution in [1.82, 2.24) is 4.90 Å². The SMILES string of the molecule is O=C1C[C@H]2C[C@@H]1N(C(=O)OCc1ccccc1)C2. The molecule has 18 heavy (non-hydrogen) atoms. The topological polar surface area (TPSA) is 46.6 Å². The smallest absolute Gasteiger partial charge is 0.410 e. The summed E-state index contributed by atoms with van der Waals surface area (Å²) in [5.74, 6) is 0.537. The van der Waals surface area contributed by atoms with Gasteiger partial charge in [0.25, 0.3) is 0 Å². The highest BCUT2D eigenvalue weighted by Gasteiger charge is 2.46. The molecular weight excluding hydrogens is 230 g/mol. The van der Waals surface area contributed by atoms with E-state index in [-0.39, 0.29) is 24.5 Å². The van der Waals surface area contributed by atoms with Crippen LogP contribution in [0.5, 0.6) is 0 Å². The fourth-order valence-corrected chi connectivity index (χ4v) is 2.80. The van der Waals surface area contributed by atoms with Gasteiger partial charge in [0.2, 0.25) is 0 Å². The number of likely N-dealkylation sites (tertiary alicyclic amines) is 1. The van der Waals surface area contributed by atoms with Gasteiger partial charge in [-0.05, 0) is 17.9 Å². The summed E-state index contributed by atoms with van der Waals surface area (Å²) in [7, 11) is 0. The van der Waals surface area contributed by atoms with Crippen molar-refractivity contribution in [3.05, 3.63) is 35.9 Å². The average molecular weight is 245 g/mol. The number of nitrogens with zero attached hydrogens (tertiary/aromatic N) is 1. The van der Waals surface area contributed by atoms with Gasteiger partial charge in [0.05, 0.1) is 6.04 Å². The largest absolute Gasteiger partial charge is 0.445 e. The number of piperidine rings is 1. The number of hydrogen-bond donors (Lipinski definition) is 0. The van der Waals surface area contributed by atoms with E-state index in [1.165, 1.54) is 0 Å². The number of rotatable bonds is 2. The first-order valence-corrected chi connectivity index (χ1v) is 6.24. The molecule has 1 aliphatic carbocycles. The molecule has 1 aromatic carbocycles. The van der Waals surface area contributed by atoms with Crippen molar-refractivity contribution in [3.8, 4) is 0 Å². The molecule has 3 rings (SSSR count). The number of amides is 1. The Hall–Kier alpha value is -1.84. The monoisotopic (exact) mass is 245 g/mol. The third-order valence-electron chi connectivity index (χ3n) is 3.69. The predicted molar refractivity (Wildman–Crippen MR) is 64.9 cm³/mol. The number of benzene rings is 1. The minimum atomic E-state index is -0.362. The van der Waals surface area contributed by atoms with Crippen molar-refractivity contribution in [2.24, 2.45) is 5.92 Å². The average Bonchev–Trinajstić information content (AvgIpc) is 2.96. The van der Waals surface area contributed by atoms with Crippen LogP contribution in [0.1, 0.15) is 18.4 Å². The molecular formula is C14H15NO3. The molecule has 0 aromatic heterocycles. The quantitative estimate of drug-likeness (QED) is 0.800. The summed E-state index contributed by atoms with van der Waals surface area (Å²) in [6.45, 7) is 0.936. The van der Waals surface area contributed by atoms with E-state index in [1.807, 2.05) is 30.3 Å². The molecule has 1 saturated carbocycles. The second-order valence-corrected chi connectivity index (χ2v) is 4.98. The van der Waals surface area contributed by atoms with E-state index in [0.29, 0.717) is 18.9 Å². The lowest BCUT2D eigenvalue weighted by molar-refractivity contribution is -0.122. The Bertz CT molecular complexity index is 471. The van der Waals surface area contributed by atoms with Gasteiger partial charge in [-0.25, -0.2) is 4.79 Å². The normalized spacial score (nSPS) is 25.6. The van der Waals surface area contributed by atoms with Crippen LogP contribution in [-0.4, -0.2) is 29.4 Å². The zero-order chi connectivity index (χ0) is 12.5. The molecule has 1 aliphatic heterocycles. The van der Waals surface area contributed by atoms with Crippen LogP contribution < -0.4 is 0 Å². The van der Waals surface area contributed by atoms with Gasteiger partial charge in [0.1, 0.15) is 6.61 Å². The van der Waals surface area contributed by atoms with E-state index < -0.39 is 0 Å². The van der Waals surface area contributed by atoms with Gasteiger partial charge in [-0.3, -0.25) is 9.69 Å². The fraction of sp³-hybridized carbons (Fsp3) is 0.429. The minimum Gasteiger partial charge on any atom is -0.445 e. The van der Waals surface area contributed by atoms with Crippen LogP contribution in [0.2, 0.25) is 0 Å². The third kappa shape index (κ3) is 1.98. The van der Waals surface area contributed by atoms with Gasteiger partial charge in [0.15, 0.2) is 5.78 Å². The Labute approximate surface area is 106 Å². The van der Waals surface area contributed by atoms with Crippen molar-refractivity contribution < 1.29 is 14.3 Å². The molecule has 1 aromatic rings. The van der Waals surface area contributed by atoms with Crippen LogP contribution in [-0.2, 0) is 16.1 Å². The van der Waals surface area contributed by atoms with Crippen molar-refractivity contribution in [1.29, 1.82) is 0 Å². The summed E-state index contributed by atoms with van der Waals surface area (Å²) in [5.41, 5.74) is 0.960. The van der Waals surface area contributed by atoms with Gasteiger partial charge in [-0.15, -0.1) is 0 Å². The van der Waals surface area contributed by atoms with Crippen LogP contribution in [0, 0.1) is 5.92 Å². The molecule has 94 valence electrons. The molecule has 1 saturated heterocycles. The molecule has 2 bridgehead atoms. The maximum absolute atomic E-state index is 11.9. The first-order valence-electron chi connectivity index (χ1n) is 6.24. The molecule has 2 atom stereocenters. The summed E-state index contributed by atoms with van der Waals surface area (Å²) in [6, 6.07) is 9.33. The molecule has 0 unspecified atom stereocenters. The lowest BCUT2D eigenvalue weighted by Crippen LogP contribution is -2.42. The maximum atomic E-state index is 11.9. The zero-order valence-electron chi connectivity index (χ0n) is 10.0. The van der Waals surface area contributed by atoms with E-state index >= 15 is 0 Å². The molecule has 2 fully saturated rings. The summed E-state index contributed by atoms with van der Waals surface area (Å²) >= 11 is 0. The van der Waals surface area contributed by atoms with Crippen LogP contribution in [0.4, 0.5) is 4.79 Å². The zero-order valence-corrected chi connectivity index (χ0v) is 10.0. The van der Waals surface area contributed by atoms with Crippen molar-refractivity contribution in [2.45, 2.75) is 25.5 Å². The first-order chi connectivity index (χ1) is 8.74. The molecule has 0 spiro atoms. The lowest BCUT2D eigenvalue weighted by atomic mass is 10.1. The Balaban J connectivity index is 1.58. The van der Waals surface area contributed by atoms with Gasteiger partial charge >= 0.3 is 6.09 Å². The van der Waals surface area contributed by atoms with Gasteiger partial charge in [0, 0.05) is 13.0 Å². The van der Waals surface area contributed by atoms with E-state index in [2.05, 4.69) is 0 Å². The summed E-state index contributed by atoms with van der Waals surface area (Å²) in [4.78, 5) is 25.1. The molecule has 0 radical (unpaired) electrons. The van der Waals surface area contributed by atoms with E-state index in [9.17, 15) is 9.59 Å². The van der Waals surface area contributed by atoms with Crippen molar-refractivity contribution in [3.63, 3.8) is 0 Å².